The Morgan fingerprint density at radius 2 is 2.17 bits per heavy atom. The van der Waals surface area contributed by atoms with Gasteiger partial charge in [0, 0.05) is 11.0 Å². The van der Waals surface area contributed by atoms with Crippen molar-refractivity contribution >= 4 is 42.9 Å². The van der Waals surface area contributed by atoms with Crippen molar-refractivity contribution in [1.29, 1.82) is 0 Å². The largest absolute Gasteiger partial charge is 0.295 e. The van der Waals surface area contributed by atoms with Crippen LogP contribution in [-0.4, -0.2) is 50.2 Å². The van der Waals surface area contributed by atoms with Crippen LogP contribution in [0.5, 0.6) is 0 Å². The summed E-state index contributed by atoms with van der Waals surface area (Å²) in [4.78, 5) is 14.7. The van der Waals surface area contributed by atoms with Crippen molar-refractivity contribution in [2.24, 2.45) is 0 Å². The maximum atomic E-state index is 12.1. The van der Waals surface area contributed by atoms with Gasteiger partial charge in [-0.2, -0.15) is 0 Å². The number of hydrogen-bond donors (Lipinski definition) is 0. The molecule has 1 fully saturated rings. The lowest BCUT2D eigenvalue weighted by Gasteiger charge is -2.17. The number of hydrogen-bond acceptors (Lipinski definition) is 5. The molecule has 4 nitrogen and oxygen atoms in total. The van der Waals surface area contributed by atoms with E-state index in [4.69, 9.17) is 0 Å². The van der Waals surface area contributed by atoms with E-state index in [0.717, 1.165) is 4.47 Å². The van der Waals surface area contributed by atoms with Crippen molar-refractivity contribution < 1.29 is 13.2 Å². The second-order valence-corrected chi connectivity index (χ2v) is 8.38. The summed E-state index contributed by atoms with van der Waals surface area (Å²) in [6, 6.07) is 1.85. The molecule has 1 saturated heterocycles. The molecule has 1 aromatic heterocycles. The number of carbonyl (C=O) groups excluding carboxylic acids is 1. The molecule has 1 aliphatic heterocycles. The summed E-state index contributed by atoms with van der Waals surface area (Å²) in [6.07, 6.45) is 0.612. The number of carbonyl (C=O) groups is 1. The number of ketones is 1. The van der Waals surface area contributed by atoms with Gasteiger partial charge in [0.1, 0.15) is 0 Å². The molecular weight excluding hydrogens is 338 g/mol. The molecule has 7 heteroatoms. The molecule has 18 heavy (non-hydrogen) atoms. The molecule has 0 radical (unpaired) electrons. The van der Waals surface area contributed by atoms with E-state index in [-0.39, 0.29) is 17.3 Å². The zero-order chi connectivity index (χ0) is 13.2. The van der Waals surface area contributed by atoms with E-state index < -0.39 is 9.84 Å². The smallest absolute Gasteiger partial charge is 0.187 e. The van der Waals surface area contributed by atoms with Gasteiger partial charge in [-0.25, -0.2) is 8.42 Å². The van der Waals surface area contributed by atoms with Gasteiger partial charge in [0.05, 0.1) is 22.9 Å². The van der Waals surface area contributed by atoms with Gasteiger partial charge in [0.15, 0.2) is 15.6 Å². The maximum Gasteiger partial charge on any atom is 0.187 e. The van der Waals surface area contributed by atoms with Crippen molar-refractivity contribution in [3.8, 4) is 0 Å². The van der Waals surface area contributed by atoms with Crippen molar-refractivity contribution in [3.63, 3.8) is 0 Å². The van der Waals surface area contributed by atoms with Gasteiger partial charge in [-0.05, 0) is 40.3 Å². The van der Waals surface area contributed by atoms with Crippen LogP contribution in [-0.2, 0) is 9.84 Å². The van der Waals surface area contributed by atoms with Crippen LogP contribution in [0.3, 0.4) is 0 Å². The normalized spacial score (nSPS) is 20.5. The fraction of sp³-hybridized carbons (Fsp3) is 0.545. The lowest BCUT2D eigenvalue weighted by atomic mass is 10.3. The summed E-state index contributed by atoms with van der Waals surface area (Å²) in [5.74, 6) is 0.447. The second kappa shape index (κ2) is 5.81. The Kier molecular flexibility index (Phi) is 4.58. The molecule has 2 rings (SSSR count). The van der Waals surface area contributed by atoms with Gasteiger partial charge >= 0.3 is 0 Å². The third-order valence-electron chi connectivity index (χ3n) is 2.89. The lowest BCUT2D eigenvalue weighted by molar-refractivity contribution is 0.0939. The first-order valence-electron chi connectivity index (χ1n) is 5.67. The maximum absolute atomic E-state index is 12.1. The Bertz CT molecular complexity index is 538. The van der Waals surface area contributed by atoms with E-state index in [0.29, 0.717) is 30.9 Å². The lowest BCUT2D eigenvalue weighted by Crippen LogP contribution is -2.32. The number of rotatable bonds is 3. The quantitative estimate of drug-likeness (QED) is 0.779. The zero-order valence-electron chi connectivity index (χ0n) is 9.76. The van der Waals surface area contributed by atoms with Crippen LogP contribution < -0.4 is 0 Å². The number of nitrogens with zero attached hydrogens (tertiary/aromatic N) is 1. The SMILES string of the molecule is O=C(CN1CCCS(=O)(=O)CC1)c1sccc1Br. The van der Waals surface area contributed by atoms with Gasteiger partial charge < -0.3 is 0 Å². The second-order valence-electron chi connectivity index (χ2n) is 4.30. The number of halogens is 1. The van der Waals surface area contributed by atoms with Gasteiger partial charge in [-0.1, -0.05) is 0 Å². The molecule has 1 aromatic rings. The third kappa shape index (κ3) is 3.63. The minimum atomic E-state index is -2.91. The van der Waals surface area contributed by atoms with Gasteiger partial charge in [0.25, 0.3) is 0 Å². The molecular formula is C11H14BrNO3S2. The molecule has 0 spiro atoms. The average molecular weight is 352 g/mol. The molecule has 0 amide bonds. The predicted molar refractivity (Wildman–Crippen MR) is 76.1 cm³/mol. The van der Waals surface area contributed by atoms with Crippen LogP contribution in [0.25, 0.3) is 0 Å². The van der Waals surface area contributed by atoms with Crippen molar-refractivity contribution in [1.82, 2.24) is 4.90 Å². The van der Waals surface area contributed by atoms with E-state index in [1.807, 2.05) is 16.3 Å². The molecule has 0 N–H and O–H groups in total. The topological polar surface area (TPSA) is 54.5 Å². The minimum Gasteiger partial charge on any atom is -0.295 e. The molecule has 100 valence electrons. The summed E-state index contributed by atoms with van der Waals surface area (Å²) in [5.41, 5.74) is 0. The van der Waals surface area contributed by atoms with E-state index >= 15 is 0 Å². The molecule has 2 heterocycles. The Morgan fingerprint density at radius 1 is 1.39 bits per heavy atom. The molecule has 0 unspecified atom stereocenters. The Balaban J connectivity index is 1.98. The molecule has 0 atom stereocenters. The number of thiophene rings is 1. The van der Waals surface area contributed by atoms with Crippen LogP contribution in [0, 0.1) is 0 Å². The highest BCUT2D eigenvalue weighted by Crippen LogP contribution is 2.23. The average Bonchev–Trinajstić information content (AvgIpc) is 2.64. The van der Waals surface area contributed by atoms with Crippen LogP contribution in [0.4, 0.5) is 0 Å². The fourth-order valence-corrected chi connectivity index (χ4v) is 4.75. The summed E-state index contributed by atoms with van der Waals surface area (Å²) >= 11 is 4.75. The van der Waals surface area contributed by atoms with Crippen LogP contribution >= 0.6 is 27.3 Å². The zero-order valence-corrected chi connectivity index (χ0v) is 13.0. The number of Topliss-reactive ketones (excluding diaryl/α,β-unsaturated/α-hetero) is 1. The van der Waals surface area contributed by atoms with E-state index in [9.17, 15) is 13.2 Å². The first kappa shape index (κ1) is 14.2. The monoisotopic (exact) mass is 351 g/mol. The molecule has 0 aliphatic carbocycles. The van der Waals surface area contributed by atoms with Crippen LogP contribution in [0.15, 0.2) is 15.9 Å². The van der Waals surface area contributed by atoms with Crippen molar-refractivity contribution in [2.75, 3.05) is 31.1 Å². The summed E-state index contributed by atoms with van der Waals surface area (Å²) < 4.78 is 23.8. The predicted octanol–water partition coefficient (Wildman–Crippen LogP) is 1.81. The van der Waals surface area contributed by atoms with Gasteiger partial charge in [0.2, 0.25) is 0 Å². The summed E-state index contributed by atoms with van der Waals surface area (Å²) in [6.45, 7) is 1.43. The van der Waals surface area contributed by atoms with Crippen molar-refractivity contribution in [3.05, 3.63) is 20.8 Å². The molecule has 0 saturated carbocycles. The standard InChI is InChI=1S/C11H14BrNO3S2/c12-9-2-5-17-11(9)10(14)8-13-3-1-6-18(15,16)7-4-13/h2,5H,1,3-4,6-8H2. The summed E-state index contributed by atoms with van der Waals surface area (Å²) in [5, 5.41) is 1.87. The van der Waals surface area contributed by atoms with Gasteiger partial charge in [-0.15, -0.1) is 11.3 Å². The van der Waals surface area contributed by atoms with E-state index in [2.05, 4.69) is 15.9 Å². The molecule has 0 aromatic carbocycles. The van der Waals surface area contributed by atoms with Crippen molar-refractivity contribution in [2.45, 2.75) is 6.42 Å². The Morgan fingerprint density at radius 3 is 2.83 bits per heavy atom. The molecule has 1 aliphatic rings. The third-order valence-corrected chi connectivity index (χ3v) is 6.48. The fourth-order valence-electron chi connectivity index (χ4n) is 1.92. The van der Waals surface area contributed by atoms with E-state index in [1.165, 1.54) is 11.3 Å². The number of sulfone groups is 1. The highest BCUT2D eigenvalue weighted by Gasteiger charge is 2.22. The highest BCUT2D eigenvalue weighted by molar-refractivity contribution is 9.10. The summed E-state index contributed by atoms with van der Waals surface area (Å²) in [7, 11) is -2.91. The minimum absolute atomic E-state index is 0.0520. The van der Waals surface area contributed by atoms with E-state index in [1.54, 1.807) is 0 Å². The Labute approximate surface area is 119 Å². The van der Waals surface area contributed by atoms with Crippen LogP contribution in [0.2, 0.25) is 0 Å². The van der Waals surface area contributed by atoms with Crippen LogP contribution in [0.1, 0.15) is 16.1 Å². The first-order chi connectivity index (χ1) is 8.48. The first-order valence-corrected chi connectivity index (χ1v) is 9.16. The Hall–Kier alpha value is -0.240. The molecule has 0 bridgehead atoms. The highest BCUT2D eigenvalue weighted by atomic mass is 79.9. The van der Waals surface area contributed by atoms with Gasteiger partial charge in [-0.3, -0.25) is 9.69 Å².